The molecule has 2 heterocycles. The molecule has 1 fully saturated rings. The summed E-state index contributed by atoms with van der Waals surface area (Å²) in [7, 11) is 0. The molecule has 2 aliphatic rings. The first-order valence-electron chi connectivity index (χ1n) is 7.15. The maximum absolute atomic E-state index is 12.2. The van der Waals surface area contributed by atoms with Crippen LogP contribution < -0.4 is 5.32 Å². The number of nitrogens with one attached hydrogen (secondary N) is 1. The largest absolute Gasteiger partial charge is 0.379 e. The summed E-state index contributed by atoms with van der Waals surface area (Å²) in [5, 5.41) is 3.10. The fourth-order valence-corrected chi connectivity index (χ4v) is 3.82. The minimum Gasteiger partial charge on any atom is -0.379 e. The smallest absolute Gasteiger partial charge is 0.233 e. The van der Waals surface area contributed by atoms with Gasteiger partial charge in [-0.1, -0.05) is 18.2 Å². The first kappa shape index (κ1) is 13.9. The van der Waals surface area contributed by atoms with Gasteiger partial charge in [0.15, 0.2) is 0 Å². The Balaban J connectivity index is 1.42. The van der Waals surface area contributed by atoms with Crippen LogP contribution in [0.5, 0.6) is 0 Å². The third-order valence-corrected chi connectivity index (χ3v) is 5.09. The Morgan fingerprint density at radius 1 is 1.35 bits per heavy atom. The van der Waals surface area contributed by atoms with Gasteiger partial charge in [-0.3, -0.25) is 9.69 Å². The lowest BCUT2D eigenvalue weighted by Gasteiger charge is -2.26. The number of carbonyl (C=O) groups is 1. The Hall–Kier alpha value is -1.04. The third kappa shape index (κ3) is 3.34. The number of morpholine rings is 1. The van der Waals surface area contributed by atoms with E-state index in [1.54, 1.807) is 11.8 Å². The normalized spacial score (nSPS) is 22.5. The van der Waals surface area contributed by atoms with Crippen LogP contribution in [0.1, 0.15) is 5.56 Å². The Morgan fingerprint density at radius 3 is 2.95 bits per heavy atom. The van der Waals surface area contributed by atoms with Crippen LogP contribution in [0.4, 0.5) is 0 Å². The maximum Gasteiger partial charge on any atom is 0.233 e. The number of thioether (sulfide) groups is 1. The van der Waals surface area contributed by atoms with Crippen LogP contribution >= 0.6 is 11.8 Å². The fraction of sp³-hybridized carbons (Fsp3) is 0.533. The van der Waals surface area contributed by atoms with Gasteiger partial charge in [0, 0.05) is 31.1 Å². The fourth-order valence-electron chi connectivity index (χ4n) is 2.60. The molecule has 1 amide bonds. The molecule has 0 aliphatic carbocycles. The number of ether oxygens (including phenoxy) is 1. The molecule has 0 unspecified atom stereocenters. The summed E-state index contributed by atoms with van der Waals surface area (Å²) >= 11 is 1.68. The molecule has 3 rings (SSSR count). The van der Waals surface area contributed by atoms with Gasteiger partial charge in [0.2, 0.25) is 5.91 Å². The van der Waals surface area contributed by atoms with Gasteiger partial charge in [-0.05, 0) is 18.1 Å². The van der Waals surface area contributed by atoms with Crippen molar-refractivity contribution in [1.82, 2.24) is 10.2 Å². The molecule has 1 N–H and O–H groups in total. The van der Waals surface area contributed by atoms with Gasteiger partial charge >= 0.3 is 0 Å². The van der Waals surface area contributed by atoms with Crippen molar-refractivity contribution >= 4 is 17.7 Å². The van der Waals surface area contributed by atoms with Crippen molar-refractivity contribution in [1.29, 1.82) is 0 Å². The van der Waals surface area contributed by atoms with Crippen LogP contribution in [0.15, 0.2) is 29.2 Å². The number of fused-ring (bicyclic) bond motifs is 1. The SMILES string of the molecule is O=C(NCCN1CCOCC1)[C@@H]1Cc2ccccc2S1. The van der Waals surface area contributed by atoms with Crippen molar-refractivity contribution < 1.29 is 9.53 Å². The maximum atomic E-state index is 12.2. The molecule has 0 radical (unpaired) electrons. The van der Waals surface area contributed by atoms with E-state index in [4.69, 9.17) is 4.74 Å². The zero-order valence-corrected chi connectivity index (χ0v) is 12.3. The number of benzene rings is 1. The van der Waals surface area contributed by atoms with Crippen LogP contribution in [0.3, 0.4) is 0 Å². The van der Waals surface area contributed by atoms with E-state index < -0.39 is 0 Å². The lowest BCUT2D eigenvalue weighted by Crippen LogP contribution is -2.42. The summed E-state index contributed by atoms with van der Waals surface area (Å²) < 4.78 is 5.31. The van der Waals surface area contributed by atoms with E-state index in [9.17, 15) is 4.79 Å². The van der Waals surface area contributed by atoms with E-state index in [0.29, 0.717) is 0 Å². The van der Waals surface area contributed by atoms with Gasteiger partial charge in [-0.25, -0.2) is 0 Å². The lowest BCUT2D eigenvalue weighted by atomic mass is 10.1. The second kappa shape index (κ2) is 6.61. The molecule has 5 heteroatoms. The summed E-state index contributed by atoms with van der Waals surface area (Å²) in [4.78, 5) is 15.8. The van der Waals surface area contributed by atoms with Crippen molar-refractivity contribution in [3.63, 3.8) is 0 Å². The summed E-state index contributed by atoms with van der Waals surface area (Å²) in [5.74, 6) is 0.166. The monoisotopic (exact) mass is 292 g/mol. The first-order chi connectivity index (χ1) is 9.83. The number of amides is 1. The van der Waals surface area contributed by atoms with Crippen LogP contribution in [-0.2, 0) is 16.0 Å². The van der Waals surface area contributed by atoms with Crippen LogP contribution in [0.2, 0.25) is 0 Å². The molecule has 0 spiro atoms. The molecule has 1 aromatic rings. The van der Waals surface area contributed by atoms with Crippen molar-refractivity contribution in [2.24, 2.45) is 0 Å². The first-order valence-corrected chi connectivity index (χ1v) is 8.03. The van der Waals surface area contributed by atoms with Gasteiger partial charge in [-0.2, -0.15) is 0 Å². The molecule has 2 aliphatic heterocycles. The molecule has 4 nitrogen and oxygen atoms in total. The van der Waals surface area contributed by atoms with E-state index in [-0.39, 0.29) is 11.2 Å². The van der Waals surface area contributed by atoms with E-state index in [1.807, 2.05) is 12.1 Å². The second-order valence-electron chi connectivity index (χ2n) is 5.16. The highest BCUT2D eigenvalue weighted by atomic mass is 32.2. The molecular weight excluding hydrogens is 272 g/mol. The molecule has 20 heavy (non-hydrogen) atoms. The average Bonchev–Trinajstić information content (AvgIpc) is 2.92. The Labute approximate surface area is 123 Å². The lowest BCUT2D eigenvalue weighted by molar-refractivity contribution is -0.120. The number of hydrogen-bond donors (Lipinski definition) is 1. The topological polar surface area (TPSA) is 41.6 Å². The van der Waals surface area contributed by atoms with E-state index in [1.165, 1.54) is 10.5 Å². The molecular formula is C15H20N2O2S. The van der Waals surface area contributed by atoms with E-state index in [0.717, 1.165) is 45.8 Å². The highest BCUT2D eigenvalue weighted by molar-refractivity contribution is 8.01. The molecule has 0 bridgehead atoms. The number of hydrogen-bond acceptors (Lipinski definition) is 4. The number of carbonyl (C=O) groups excluding carboxylic acids is 1. The zero-order valence-electron chi connectivity index (χ0n) is 11.5. The van der Waals surface area contributed by atoms with Crippen LogP contribution in [0, 0.1) is 0 Å². The molecule has 0 aromatic heterocycles. The van der Waals surface area contributed by atoms with Gasteiger partial charge < -0.3 is 10.1 Å². The summed E-state index contributed by atoms with van der Waals surface area (Å²) in [6.45, 7) is 5.20. The Bertz CT molecular complexity index is 450. The number of nitrogens with zero attached hydrogens (tertiary/aromatic N) is 1. The van der Waals surface area contributed by atoms with Crippen molar-refractivity contribution in [3.05, 3.63) is 29.8 Å². The molecule has 108 valence electrons. The van der Waals surface area contributed by atoms with Gasteiger partial charge in [-0.15, -0.1) is 11.8 Å². The van der Waals surface area contributed by atoms with Crippen LogP contribution in [-0.4, -0.2) is 55.4 Å². The predicted molar refractivity (Wildman–Crippen MR) is 80.1 cm³/mol. The minimum atomic E-state index is 0.0390. The highest BCUT2D eigenvalue weighted by Gasteiger charge is 2.27. The van der Waals surface area contributed by atoms with Crippen molar-refractivity contribution in [2.45, 2.75) is 16.6 Å². The molecule has 1 aromatic carbocycles. The second-order valence-corrected chi connectivity index (χ2v) is 6.41. The molecule has 1 atom stereocenters. The van der Waals surface area contributed by atoms with Gasteiger partial charge in [0.05, 0.1) is 18.5 Å². The minimum absolute atomic E-state index is 0.0390. The van der Waals surface area contributed by atoms with Gasteiger partial charge in [0.25, 0.3) is 0 Å². The quantitative estimate of drug-likeness (QED) is 0.904. The zero-order chi connectivity index (χ0) is 13.8. The van der Waals surface area contributed by atoms with E-state index >= 15 is 0 Å². The number of rotatable bonds is 4. The summed E-state index contributed by atoms with van der Waals surface area (Å²) in [5.41, 5.74) is 1.30. The standard InChI is InChI=1S/C15H20N2O2S/c18-15(16-5-6-17-7-9-19-10-8-17)14-11-12-3-1-2-4-13(12)20-14/h1-4,14H,5-11H2,(H,16,18)/t14-/m0/s1. The Kier molecular flexibility index (Phi) is 4.60. The Morgan fingerprint density at radius 2 is 2.15 bits per heavy atom. The third-order valence-electron chi connectivity index (χ3n) is 3.77. The van der Waals surface area contributed by atoms with Crippen molar-refractivity contribution in [3.8, 4) is 0 Å². The average molecular weight is 292 g/mol. The summed E-state index contributed by atoms with van der Waals surface area (Å²) in [6, 6.07) is 8.28. The van der Waals surface area contributed by atoms with Crippen LogP contribution in [0.25, 0.3) is 0 Å². The van der Waals surface area contributed by atoms with E-state index in [2.05, 4.69) is 22.3 Å². The van der Waals surface area contributed by atoms with Crippen molar-refractivity contribution in [2.75, 3.05) is 39.4 Å². The summed E-state index contributed by atoms with van der Waals surface area (Å²) in [6.07, 6.45) is 0.851. The molecule has 0 saturated carbocycles. The molecule has 1 saturated heterocycles. The van der Waals surface area contributed by atoms with Gasteiger partial charge in [0.1, 0.15) is 0 Å². The highest BCUT2D eigenvalue weighted by Crippen LogP contribution is 2.36. The predicted octanol–water partition coefficient (Wildman–Crippen LogP) is 1.15.